The molecule has 0 spiro atoms. The molecule has 0 aliphatic heterocycles. The Balaban J connectivity index is 1.95. The van der Waals surface area contributed by atoms with Gasteiger partial charge in [-0.05, 0) is 5.56 Å². The summed E-state index contributed by atoms with van der Waals surface area (Å²) in [5.74, 6) is 1.63. The van der Waals surface area contributed by atoms with Gasteiger partial charge in [-0.15, -0.1) is 0 Å². The summed E-state index contributed by atoms with van der Waals surface area (Å²) in [6.45, 7) is 0. The molecule has 96 valence electrons. The van der Waals surface area contributed by atoms with Gasteiger partial charge in [-0.1, -0.05) is 30.3 Å². The smallest absolute Gasteiger partial charge is 0.204 e. The van der Waals surface area contributed by atoms with Crippen molar-refractivity contribution in [1.82, 2.24) is 9.36 Å². The van der Waals surface area contributed by atoms with Gasteiger partial charge < -0.3 is 4.90 Å². The van der Waals surface area contributed by atoms with E-state index in [4.69, 9.17) is 0 Å². The van der Waals surface area contributed by atoms with Gasteiger partial charge in [0.15, 0.2) is 5.82 Å². The predicted octanol–water partition coefficient (Wildman–Crippen LogP) is 2.05. The molecule has 0 saturated carbocycles. The number of hydrogen-bond donors (Lipinski definition) is 0. The van der Waals surface area contributed by atoms with Crippen LogP contribution < -0.4 is 4.90 Å². The highest BCUT2D eigenvalue weighted by Gasteiger charge is 2.09. The third-order valence-electron chi connectivity index (χ3n) is 2.30. The molecule has 0 radical (unpaired) electrons. The minimum Gasteiger partial charge on any atom is -0.353 e. The summed E-state index contributed by atoms with van der Waals surface area (Å²) in [5.41, 5.74) is 1.08. The van der Waals surface area contributed by atoms with Crippen molar-refractivity contribution in [3.8, 4) is 0 Å². The Kier molecular flexibility index (Phi) is 4.43. The first-order valence-corrected chi connectivity index (χ1v) is 7.80. The quantitative estimate of drug-likeness (QED) is 0.841. The molecule has 0 aliphatic carbocycles. The van der Waals surface area contributed by atoms with Gasteiger partial charge in [0.05, 0.1) is 5.75 Å². The van der Waals surface area contributed by atoms with E-state index >= 15 is 0 Å². The first-order valence-electron chi connectivity index (χ1n) is 5.54. The van der Waals surface area contributed by atoms with Crippen LogP contribution in [0.5, 0.6) is 0 Å². The molecule has 2 aromatic rings. The van der Waals surface area contributed by atoms with Crippen LogP contribution in [-0.4, -0.2) is 27.7 Å². The second-order valence-electron chi connectivity index (χ2n) is 4.10. The normalized spacial score (nSPS) is 12.3. The Morgan fingerprint density at radius 1 is 1.22 bits per heavy atom. The van der Waals surface area contributed by atoms with Crippen LogP contribution in [0, 0.1) is 0 Å². The summed E-state index contributed by atoms with van der Waals surface area (Å²) in [6, 6.07) is 9.84. The van der Waals surface area contributed by atoms with Crippen molar-refractivity contribution in [2.75, 3.05) is 19.0 Å². The van der Waals surface area contributed by atoms with E-state index in [-0.39, 0.29) is 0 Å². The lowest BCUT2D eigenvalue weighted by molar-refractivity contribution is 0.681. The summed E-state index contributed by atoms with van der Waals surface area (Å²) in [5, 5.41) is 0.849. The van der Waals surface area contributed by atoms with Crippen LogP contribution in [0.4, 0.5) is 5.13 Å². The molecule has 0 aliphatic rings. The van der Waals surface area contributed by atoms with E-state index in [0.29, 0.717) is 17.3 Å². The number of aromatic nitrogens is 2. The molecule has 0 fully saturated rings. The standard InChI is InChI=1S/C12H15N3OS2/c1-15(2)12-13-11(14-17-12)9-18(16)8-10-6-4-3-5-7-10/h3-7H,8-9H2,1-2H3. The number of benzene rings is 1. The van der Waals surface area contributed by atoms with Gasteiger partial charge in [0.25, 0.3) is 0 Å². The fraction of sp³-hybridized carbons (Fsp3) is 0.333. The van der Waals surface area contributed by atoms with Gasteiger partial charge in [-0.2, -0.15) is 4.37 Å². The first kappa shape index (κ1) is 13.2. The van der Waals surface area contributed by atoms with Crippen LogP contribution in [-0.2, 0) is 22.3 Å². The number of nitrogens with zero attached hydrogens (tertiary/aromatic N) is 3. The monoisotopic (exact) mass is 281 g/mol. The highest BCUT2D eigenvalue weighted by atomic mass is 32.2. The minimum atomic E-state index is -0.959. The zero-order valence-corrected chi connectivity index (χ0v) is 12.0. The van der Waals surface area contributed by atoms with E-state index in [0.717, 1.165) is 10.7 Å². The van der Waals surface area contributed by atoms with Crippen molar-refractivity contribution in [3.63, 3.8) is 0 Å². The molecule has 0 bridgehead atoms. The average Bonchev–Trinajstić information content (AvgIpc) is 2.78. The molecule has 0 saturated heterocycles. The van der Waals surface area contributed by atoms with Gasteiger partial charge in [0, 0.05) is 42.2 Å². The SMILES string of the molecule is CN(C)c1nc(CS(=O)Cc2ccccc2)ns1. The first-order chi connectivity index (χ1) is 8.65. The van der Waals surface area contributed by atoms with Crippen LogP contribution in [0.1, 0.15) is 11.4 Å². The molecule has 0 N–H and O–H groups in total. The van der Waals surface area contributed by atoms with E-state index in [1.54, 1.807) is 0 Å². The Hall–Kier alpha value is -1.27. The predicted molar refractivity (Wildman–Crippen MR) is 76.2 cm³/mol. The third-order valence-corrected chi connectivity index (χ3v) is 4.46. The molecule has 1 unspecified atom stereocenters. The zero-order valence-electron chi connectivity index (χ0n) is 10.4. The summed E-state index contributed by atoms with van der Waals surface area (Å²) < 4.78 is 16.2. The lowest BCUT2D eigenvalue weighted by Gasteiger charge is -2.04. The van der Waals surface area contributed by atoms with Crippen molar-refractivity contribution >= 4 is 27.5 Å². The molecular formula is C12H15N3OS2. The molecule has 1 aromatic heterocycles. The summed E-state index contributed by atoms with van der Waals surface area (Å²) in [4.78, 5) is 6.24. The Morgan fingerprint density at radius 3 is 2.56 bits per heavy atom. The Bertz CT molecular complexity index is 525. The van der Waals surface area contributed by atoms with Gasteiger partial charge in [-0.3, -0.25) is 4.21 Å². The van der Waals surface area contributed by atoms with E-state index < -0.39 is 10.8 Å². The average molecular weight is 281 g/mol. The van der Waals surface area contributed by atoms with Crippen molar-refractivity contribution in [1.29, 1.82) is 0 Å². The third kappa shape index (κ3) is 3.61. The fourth-order valence-corrected chi connectivity index (χ4v) is 3.21. The number of rotatable bonds is 5. The van der Waals surface area contributed by atoms with Crippen LogP contribution in [0.25, 0.3) is 0 Å². The maximum atomic E-state index is 12.0. The lowest BCUT2D eigenvalue weighted by atomic mass is 10.2. The van der Waals surface area contributed by atoms with Gasteiger partial charge in [0.1, 0.15) is 0 Å². The molecule has 0 amide bonds. The molecule has 1 heterocycles. The van der Waals surface area contributed by atoms with E-state index in [1.807, 2.05) is 49.3 Å². The fourth-order valence-electron chi connectivity index (χ4n) is 1.44. The largest absolute Gasteiger partial charge is 0.353 e. The molecule has 4 nitrogen and oxygen atoms in total. The highest BCUT2D eigenvalue weighted by Crippen LogP contribution is 2.15. The van der Waals surface area contributed by atoms with Gasteiger partial charge in [-0.25, -0.2) is 4.98 Å². The topological polar surface area (TPSA) is 46.1 Å². The summed E-state index contributed by atoms with van der Waals surface area (Å²) in [7, 11) is 2.88. The van der Waals surface area contributed by atoms with Crippen molar-refractivity contribution in [2.45, 2.75) is 11.5 Å². The number of hydrogen-bond acceptors (Lipinski definition) is 5. The summed E-state index contributed by atoms with van der Waals surface area (Å²) >= 11 is 1.34. The van der Waals surface area contributed by atoms with Crippen LogP contribution in [0.3, 0.4) is 0 Å². The van der Waals surface area contributed by atoms with Crippen LogP contribution >= 0.6 is 11.5 Å². The minimum absolute atomic E-state index is 0.416. The molecule has 1 atom stereocenters. The lowest BCUT2D eigenvalue weighted by Crippen LogP contribution is -2.08. The highest BCUT2D eigenvalue weighted by molar-refractivity contribution is 7.83. The van der Waals surface area contributed by atoms with Gasteiger partial charge >= 0.3 is 0 Å². The Morgan fingerprint density at radius 2 is 1.94 bits per heavy atom. The number of anilines is 1. The molecule has 2 rings (SSSR count). The van der Waals surface area contributed by atoms with Crippen LogP contribution in [0.15, 0.2) is 30.3 Å². The van der Waals surface area contributed by atoms with E-state index in [1.165, 1.54) is 11.5 Å². The van der Waals surface area contributed by atoms with E-state index in [2.05, 4.69) is 9.36 Å². The molecule has 18 heavy (non-hydrogen) atoms. The van der Waals surface area contributed by atoms with Crippen molar-refractivity contribution in [3.05, 3.63) is 41.7 Å². The Labute approximate surface area is 113 Å². The molecule has 6 heteroatoms. The van der Waals surface area contributed by atoms with E-state index in [9.17, 15) is 4.21 Å². The zero-order chi connectivity index (χ0) is 13.0. The second kappa shape index (κ2) is 6.06. The second-order valence-corrected chi connectivity index (χ2v) is 6.29. The van der Waals surface area contributed by atoms with Gasteiger partial charge in [0.2, 0.25) is 5.13 Å². The van der Waals surface area contributed by atoms with Crippen LogP contribution in [0.2, 0.25) is 0 Å². The van der Waals surface area contributed by atoms with Crippen molar-refractivity contribution in [2.24, 2.45) is 0 Å². The maximum absolute atomic E-state index is 12.0. The molecule has 1 aromatic carbocycles. The molecular weight excluding hydrogens is 266 g/mol. The van der Waals surface area contributed by atoms with Crippen molar-refractivity contribution < 1.29 is 4.21 Å². The summed E-state index contributed by atoms with van der Waals surface area (Å²) in [6.07, 6.45) is 0. The maximum Gasteiger partial charge on any atom is 0.204 e.